The molecule has 1 aromatic heterocycles. The number of rotatable bonds is 4. The largest absolute Gasteiger partial charge is 0.367 e. The van der Waals surface area contributed by atoms with Crippen LogP contribution in [0.2, 0.25) is 0 Å². The number of aryl methyl sites for hydroxylation is 1. The van der Waals surface area contributed by atoms with Crippen molar-refractivity contribution in [3.8, 4) is 0 Å². The molecule has 1 fully saturated rings. The van der Waals surface area contributed by atoms with Crippen molar-refractivity contribution in [2.75, 3.05) is 19.7 Å². The van der Waals surface area contributed by atoms with Crippen LogP contribution < -0.4 is 5.73 Å². The molecule has 134 valence electrons. The molecule has 1 saturated heterocycles. The monoisotopic (exact) mass is 342 g/mol. The van der Waals surface area contributed by atoms with Gasteiger partial charge >= 0.3 is 0 Å². The third-order valence-corrected chi connectivity index (χ3v) is 5.01. The fourth-order valence-electron chi connectivity index (χ4n) is 3.33. The second-order valence-electron chi connectivity index (χ2n) is 6.97. The average molecular weight is 342 g/mol. The molecule has 1 aliphatic heterocycles. The highest BCUT2D eigenvalue weighted by atomic mass is 16.5. The molecule has 0 bridgehead atoms. The van der Waals surface area contributed by atoms with Gasteiger partial charge in [0.25, 0.3) is 0 Å². The van der Waals surface area contributed by atoms with Gasteiger partial charge in [0.05, 0.1) is 25.3 Å². The van der Waals surface area contributed by atoms with Crippen LogP contribution in [-0.4, -0.2) is 40.3 Å². The second kappa shape index (κ2) is 6.98. The molecular weight excluding hydrogens is 316 g/mol. The number of hydrogen-bond acceptors (Lipinski definition) is 4. The smallest absolute Gasteiger partial charge is 0.227 e. The lowest BCUT2D eigenvalue weighted by molar-refractivity contribution is -0.153. The Morgan fingerprint density at radius 3 is 2.72 bits per heavy atom. The molecule has 0 radical (unpaired) electrons. The van der Waals surface area contributed by atoms with Crippen molar-refractivity contribution in [2.45, 2.75) is 25.5 Å². The number of ether oxygens (including phenoxy) is 1. The lowest BCUT2D eigenvalue weighted by atomic mass is 9.92. The van der Waals surface area contributed by atoms with Gasteiger partial charge in [-0.1, -0.05) is 37.3 Å². The van der Waals surface area contributed by atoms with Gasteiger partial charge in [-0.15, -0.1) is 0 Å². The summed E-state index contributed by atoms with van der Waals surface area (Å²) >= 11 is 0. The van der Waals surface area contributed by atoms with Crippen LogP contribution in [0.25, 0.3) is 0 Å². The standard InChI is InChI=1S/C19H26N4O2/c1-14(17(20)15-7-5-4-6-8-15)18(24)23-9-10-25-19(2,13-23)16-11-21-22(3)12-16/h4-8,11-12,14,17H,9-10,13,20H2,1-3H3/t14-,17-,19+/m0/s1. The first kappa shape index (κ1) is 17.6. The summed E-state index contributed by atoms with van der Waals surface area (Å²) in [6, 6.07) is 9.45. The Balaban J connectivity index is 1.73. The minimum Gasteiger partial charge on any atom is -0.367 e. The fraction of sp³-hybridized carbons (Fsp3) is 0.474. The zero-order chi connectivity index (χ0) is 18.0. The molecule has 1 amide bonds. The number of aromatic nitrogens is 2. The van der Waals surface area contributed by atoms with Crippen molar-refractivity contribution in [2.24, 2.45) is 18.7 Å². The predicted octanol–water partition coefficient (Wildman–Crippen LogP) is 1.83. The van der Waals surface area contributed by atoms with Gasteiger partial charge in [0.1, 0.15) is 5.60 Å². The molecule has 0 unspecified atom stereocenters. The molecule has 2 aromatic rings. The normalized spacial score (nSPS) is 23.3. The van der Waals surface area contributed by atoms with Crippen LogP contribution in [0.3, 0.4) is 0 Å². The van der Waals surface area contributed by atoms with E-state index in [0.29, 0.717) is 19.7 Å². The van der Waals surface area contributed by atoms with Crippen LogP contribution in [-0.2, 0) is 22.2 Å². The molecule has 0 saturated carbocycles. The molecule has 2 N–H and O–H groups in total. The van der Waals surface area contributed by atoms with Crippen molar-refractivity contribution in [3.05, 3.63) is 53.9 Å². The van der Waals surface area contributed by atoms with Gasteiger partial charge in [-0.3, -0.25) is 9.48 Å². The van der Waals surface area contributed by atoms with Crippen molar-refractivity contribution in [1.82, 2.24) is 14.7 Å². The molecule has 0 aliphatic carbocycles. The predicted molar refractivity (Wildman–Crippen MR) is 95.6 cm³/mol. The number of carbonyl (C=O) groups is 1. The van der Waals surface area contributed by atoms with E-state index in [9.17, 15) is 4.79 Å². The summed E-state index contributed by atoms with van der Waals surface area (Å²) in [4.78, 5) is 14.9. The zero-order valence-corrected chi connectivity index (χ0v) is 15.1. The van der Waals surface area contributed by atoms with Crippen LogP contribution in [0, 0.1) is 5.92 Å². The fourth-order valence-corrected chi connectivity index (χ4v) is 3.33. The summed E-state index contributed by atoms with van der Waals surface area (Å²) in [6.07, 6.45) is 3.74. The van der Waals surface area contributed by atoms with Gasteiger partial charge < -0.3 is 15.4 Å². The van der Waals surface area contributed by atoms with Crippen LogP contribution >= 0.6 is 0 Å². The van der Waals surface area contributed by atoms with Gasteiger partial charge in [0, 0.05) is 31.4 Å². The second-order valence-corrected chi connectivity index (χ2v) is 6.97. The number of hydrogen-bond donors (Lipinski definition) is 1. The van der Waals surface area contributed by atoms with E-state index >= 15 is 0 Å². The van der Waals surface area contributed by atoms with E-state index in [0.717, 1.165) is 11.1 Å². The van der Waals surface area contributed by atoms with Gasteiger partial charge in [0.15, 0.2) is 0 Å². The Bertz CT molecular complexity index is 730. The Hall–Kier alpha value is -2.18. The number of morpholine rings is 1. The lowest BCUT2D eigenvalue weighted by Gasteiger charge is -2.41. The van der Waals surface area contributed by atoms with Crippen molar-refractivity contribution >= 4 is 5.91 Å². The number of nitrogens with zero attached hydrogens (tertiary/aromatic N) is 3. The zero-order valence-electron chi connectivity index (χ0n) is 15.1. The van der Waals surface area contributed by atoms with Crippen molar-refractivity contribution < 1.29 is 9.53 Å². The van der Waals surface area contributed by atoms with E-state index in [1.807, 2.05) is 62.3 Å². The Labute approximate surface area is 148 Å². The van der Waals surface area contributed by atoms with E-state index in [1.165, 1.54) is 0 Å². The van der Waals surface area contributed by atoms with Crippen LogP contribution in [0.5, 0.6) is 0 Å². The summed E-state index contributed by atoms with van der Waals surface area (Å²) in [5.74, 6) is -0.228. The maximum absolute atomic E-state index is 13.0. The first-order chi connectivity index (χ1) is 11.9. The maximum Gasteiger partial charge on any atom is 0.227 e. The number of benzene rings is 1. The first-order valence-corrected chi connectivity index (χ1v) is 8.63. The highest BCUT2D eigenvalue weighted by Gasteiger charge is 2.38. The van der Waals surface area contributed by atoms with Gasteiger partial charge in [-0.25, -0.2) is 0 Å². The third-order valence-electron chi connectivity index (χ3n) is 5.01. The summed E-state index contributed by atoms with van der Waals surface area (Å²) in [7, 11) is 1.87. The summed E-state index contributed by atoms with van der Waals surface area (Å²) in [5, 5.41) is 4.22. The number of nitrogens with two attached hydrogens (primary N) is 1. The van der Waals surface area contributed by atoms with E-state index in [-0.39, 0.29) is 17.9 Å². The molecule has 1 aromatic carbocycles. The average Bonchev–Trinajstić information content (AvgIpc) is 3.08. The third kappa shape index (κ3) is 3.60. The quantitative estimate of drug-likeness (QED) is 0.920. The van der Waals surface area contributed by atoms with Crippen molar-refractivity contribution in [3.63, 3.8) is 0 Å². The Morgan fingerprint density at radius 1 is 1.36 bits per heavy atom. The maximum atomic E-state index is 13.0. The lowest BCUT2D eigenvalue weighted by Crippen LogP contribution is -2.52. The molecule has 3 rings (SSSR count). The van der Waals surface area contributed by atoms with E-state index < -0.39 is 5.60 Å². The highest BCUT2D eigenvalue weighted by Crippen LogP contribution is 2.31. The highest BCUT2D eigenvalue weighted by molar-refractivity contribution is 5.79. The first-order valence-electron chi connectivity index (χ1n) is 8.63. The molecular formula is C19H26N4O2. The molecule has 6 nitrogen and oxygen atoms in total. The summed E-state index contributed by atoms with van der Waals surface area (Å²) < 4.78 is 7.74. The van der Waals surface area contributed by atoms with Crippen LogP contribution in [0.1, 0.15) is 31.0 Å². The Morgan fingerprint density at radius 2 is 2.08 bits per heavy atom. The van der Waals surface area contributed by atoms with Crippen LogP contribution in [0.4, 0.5) is 0 Å². The van der Waals surface area contributed by atoms with Gasteiger partial charge in [0.2, 0.25) is 5.91 Å². The SMILES string of the molecule is C[C@H](C(=O)N1CCO[C@@](C)(c2cnn(C)c2)C1)[C@H](N)c1ccccc1. The van der Waals surface area contributed by atoms with Crippen molar-refractivity contribution in [1.29, 1.82) is 0 Å². The Kier molecular flexibility index (Phi) is 4.92. The molecule has 0 spiro atoms. The number of carbonyl (C=O) groups excluding carboxylic acids is 1. The van der Waals surface area contributed by atoms with Gasteiger partial charge in [-0.2, -0.15) is 5.10 Å². The van der Waals surface area contributed by atoms with E-state index in [1.54, 1.807) is 10.9 Å². The van der Waals surface area contributed by atoms with E-state index in [4.69, 9.17) is 10.5 Å². The molecule has 6 heteroatoms. The summed E-state index contributed by atoms with van der Waals surface area (Å²) in [5.41, 5.74) is 7.75. The molecule has 3 atom stereocenters. The summed E-state index contributed by atoms with van der Waals surface area (Å²) in [6.45, 7) is 5.50. The number of amides is 1. The molecule has 25 heavy (non-hydrogen) atoms. The molecule has 2 heterocycles. The molecule has 1 aliphatic rings. The van der Waals surface area contributed by atoms with Gasteiger partial charge in [-0.05, 0) is 12.5 Å². The van der Waals surface area contributed by atoms with Crippen LogP contribution in [0.15, 0.2) is 42.7 Å². The topological polar surface area (TPSA) is 73.4 Å². The van der Waals surface area contributed by atoms with E-state index in [2.05, 4.69) is 5.10 Å². The minimum absolute atomic E-state index is 0.0646. The minimum atomic E-state index is -0.543.